The molecule has 1 aromatic carbocycles. The summed E-state index contributed by atoms with van der Waals surface area (Å²) in [5.41, 5.74) is 8.42. The number of benzene rings is 1. The lowest BCUT2D eigenvalue weighted by molar-refractivity contribution is -0.136. The second-order valence-corrected chi connectivity index (χ2v) is 6.44. The number of nitrogens with one attached hydrogen (secondary N) is 1. The molecule has 2 aliphatic heterocycles. The van der Waals surface area contributed by atoms with Crippen LogP contribution in [0.3, 0.4) is 0 Å². The minimum Gasteiger partial charge on any atom is -0.330 e. The Morgan fingerprint density at radius 3 is 2.75 bits per heavy atom. The Labute approximate surface area is 141 Å². The van der Waals surface area contributed by atoms with E-state index < -0.39 is 6.04 Å². The molecule has 0 bridgehead atoms. The molecule has 2 aliphatic rings. The zero-order valence-corrected chi connectivity index (χ0v) is 13.7. The van der Waals surface area contributed by atoms with Crippen LogP contribution < -0.4 is 11.1 Å². The zero-order valence-electron chi connectivity index (χ0n) is 13.7. The molecule has 0 aliphatic carbocycles. The van der Waals surface area contributed by atoms with E-state index in [0.29, 0.717) is 25.1 Å². The predicted molar refractivity (Wildman–Crippen MR) is 89.1 cm³/mol. The van der Waals surface area contributed by atoms with Crippen LogP contribution in [0, 0.1) is 0 Å². The van der Waals surface area contributed by atoms with Gasteiger partial charge in [0, 0.05) is 18.5 Å². The molecule has 1 atom stereocenters. The third-order valence-electron chi connectivity index (χ3n) is 4.83. The Kier molecular flexibility index (Phi) is 4.94. The molecular formula is C18H23N3O3. The Morgan fingerprint density at radius 1 is 1.17 bits per heavy atom. The molecule has 2 heterocycles. The van der Waals surface area contributed by atoms with Crippen LogP contribution in [0.25, 0.3) is 0 Å². The highest BCUT2D eigenvalue weighted by Crippen LogP contribution is 2.30. The maximum atomic E-state index is 12.7. The molecule has 3 amide bonds. The van der Waals surface area contributed by atoms with Gasteiger partial charge in [-0.1, -0.05) is 18.6 Å². The Balaban J connectivity index is 1.75. The van der Waals surface area contributed by atoms with E-state index in [1.54, 1.807) is 4.90 Å². The Bertz CT molecular complexity index is 671. The fraction of sp³-hybridized carbons (Fsp3) is 0.500. The van der Waals surface area contributed by atoms with Crippen molar-refractivity contribution in [2.75, 3.05) is 6.54 Å². The highest BCUT2D eigenvalue weighted by molar-refractivity contribution is 6.05. The number of piperidine rings is 1. The number of fused-ring (bicyclic) bond motifs is 1. The molecule has 0 spiro atoms. The molecule has 1 unspecified atom stereocenters. The molecule has 3 rings (SSSR count). The minimum absolute atomic E-state index is 0.108. The molecule has 6 heteroatoms. The number of hydrogen-bond acceptors (Lipinski definition) is 4. The van der Waals surface area contributed by atoms with E-state index in [9.17, 15) is 14.4 Å². The van der Waals surface area contributed by atoms with Gasteiger partial charge in [-0.2, -0.15) is 0 Å². The first-order valence-corrected chi connectivity index (χ1v) is 8.57. The molecule has 1 aromatic rings. The molecule has 0 saturated carbocycles. The first-order valence-electron chi connectivity index (χ1n) is 8.57. The largest absolute Gasteiger partial charge is 0.330 e. The second kappa shape index (κ2) is 7.13. The maximum absolute atomic E-state index is 12.7. The molecule has 1 saturated heterocycles. The lowest BCUT2D eigenvalue weighted by Gasteiger charge is -2.29. The molecule has 24 heavy (non-hydrogen) atoms. The van der Waals surface area contributed by atoms with E-state index in [1.807, 2.05) is 12.1 Å². The first kappa shape index (κ1) is 16.6. The standard InChI is InChI=1S/C18H23N3O3/c19-10-3-1-2-5-12-6-4-7-13-14(12)11-21(18(13)24)15-8-9-16(22)20-17(15)23/h4,6-7,15H,1-3,5,8-11,19H2,(H,20,22,23). The summed E-state index contributed by atoms with van der Waals surface area (Å²) in [4.78, 5) is 37.7. The summed E-state index contributed by atoms with van der Waals surface area (Å²) in [5.74, 6) is -0.735. The van der Waals surface area contributed by atoms with E-state index >= 15 is 0 Å². The summed E-state index contributed by atoms with van der Waals surface area (Å²) in [7, 11) is 0. The molecule has 3 N–H and O–H groups in total. The van der Waals surface area contributed by atoms with Crippen LogP contribution in [0.15, 0.2) is 18.2 Å². The second-order valence-electron chi connectivity index (χ2n) is 6.44. The van der Waals surface area contributed by atoms with Crippen molar-refractivity contribution in [2.45, 2.75) is 51.1 Å². The summed E-state index contributed by atoms with van der Waals surface area (Å²) < 4.78 is 0. The van der Waals surface area contributed by atoms with Crippen LogP contribution >= 0.6 is 0 Å². The number of nitrogens with zero attached hydrogens (tertiary/aromatic N) is 1. The summed E-state index contributed by atoms with van der Waals surface area (Å²) in [6.45, 7) is 1.15. The van der Waals surface area contributed by atoms with Crippen LogP contribution in [0.5, 0.6) is 0 Å². The fourth-order valence-electron chi connectivity index (χ4n) is 3.52. The topological polar surface area (TPSA) is 92.5 Å². The van der Waals surface area contributed by atoms with Gasteiger partial charge in [0.15, 0.2) is 0 Å². The summed E-state index contributed by atoms with van der Waals surface area (Å²) in [6.07, 6.45) is 4.72. The third kappa shape index (κ3) is 3.19. The highest BCUT2D eigenvalue weighted by atomic mass is 16.2. The molecule has 6 nitrogen and oxygen atoms in total. The number of carbonyl (C=O) groups excluding carboxylic acids is 3. The minimum atomic E-state index is -0.548. The van der Waals surface area contributed by atoms with E-state index in [4.69, 9.17) is 5.73 Å². The van der Waals surface area contributed by atoms with E-state index in [-0.39, 0.29) is 24.1 Å². The predicted octanol–water partition coefficient (Wildman–Crippen LogP) is 1.12. The average Bonchev–Trinajstić information content (AvgIpc) is 2.89. The van der Waals surface area contributed by atoms with Crippen molar-refractivity contribution < 1.29 is 14.4 Å². The van der Waals surface area contributed by atoms with Crippen molar-refractivity contribution in [1.82, 2.24) is 10.2 Å². The molecule has 0 aromatic heterocycles. The van der Waals surface area contributed by atoms with Gasteiger partial charge in [0.05, 0.1) is 0 Å². The van der Waals surface area contributed by atoms with Crippen molar-refractivity contribution in [3.05, 3.63) is 34.9 Å². The number of aryl methyl sites for hydroxylation is 1. The Hall–Kier alpha value is -2.21. The van der Waals surface area contributed by atoms with Gasteiger partial charge in [0.2, 0.25) is 11.8 Å². The Morgan fingerprint density at radius 2 is 2.00 bits per heavy atom. The van der Waals surface area contributed by atoms with Crippen molar-refractivity contribution in [3.63, 3.8) is 0 Å². The number of unbranched alkanes of at least 4 members (excludes halogenated alkanes) is 2. The SMILES string of the molecule is NCCCCCc1cccc2c1CN(C1CCC(=O)NC1=O)C2=O. The number of imide groups is 1. The summed E-state index contributed by atoms with van der Waals surface area (Å²) in [5, 5.41) is 2.33. The van der Waals surface area contributed by atoms with Gasteiger partial charge in [-0.05, 0) is 49.4 Å². The number of hydrogen-bond donors (Lipinski definition) is 2. The van der Waals surface area contributed by atoms with E-state index in [0.717, 1.165) is 31.2 Å². The summed E-state index contributed by atoms with van der Waals surface area (Å²) >= 11 is 0. The third-order valence-corrected chi connectivity index (χ3v) is 4.83. The van der Waals surface area contributed by atoms with Crippen LogP contribution in [0.4, 0.5) is 0 Å². The van der Waals surface area contributed by atoms with Gasteiger partial charge in [-0.3, -0.25) is 19.7 Å². The van der Waals surface area contributed by atoms with Crippen LogP contribution in [0.1, 0.15) is 53.6 Å². The van der Waals surface area contributed by atoms with Gasteiger partial charge in [-0.15, -0.1) is 0 Å². The maximum Gasteiger partial charge on any atom is 0.255 e. The monoisotopic (exact) mass is 329 g/mol. The number of amides is 3. The normalized spacial score (nSPS) is 20.3. The van der Waals surface area contributed by atoms with Crippen LogP contribution in [0.2, 0.25) is 0 Å². The zero-order chi connectivity index (χ0) is 17.1. The average molecular weight is 329 g/mol. The first-order chi connectivity index (χ1) is 11.6. The van der Waals surface area contributed by atoms with Gasteiger partial charge in [-0.25, -0.2) is 0 Å². The van der Waals surface area contributed by atoms with Gasteiger partial charge in [0.25, 0.3) is 5.91 Å². The fourth-order valence-corrected chi connectivity index (χ4v) is 3.52. The van der Waals surface area contributed by atoms with E-state index in [1.165, 1.54) is 5.56 Å². The molecule has 128 valence electrons. The molecular weight excluding hydrogens is 306 g/mol. The molecule has 1 fully saturated rings. The smallest absolute Gasteiger partial charge is 0.255 e. The lowest BCUT2D eigenvalue weighted by Crippen LogP contribution is -2.52. The van der Waals surface area contributed by atoms with Gasteiger partial charge < -0.3 is 10.6 Å². The van der Waals surface area contributed by atoms with Crippen LogP contribution in [-0.4, -0.2) is 35.2 Å². The van der Waals surface area contributed by atoms with Crippen molar-refractivity contribution in [2.24, 2.45) is 5.73 Å². The molecule has 0 radical (unpaired) electrons. The van der Waals surface area contributed by atoms with Crippen molar-refractivity contribution in [1.29, 1.82) is 0 Å². The van der Waals surface area contributed by atoms with Crippen molar-refractivity contribution >= 4 is 17.7 Å². The lowest BCUT2D eigenvalue weighted by atomic mass is 9.98. The number of carbonyl (C=O) groups is 3. The van der Waals surface area contributed by atoms with Gasteiger partial charge in [0.1, 0.15) is 6.04 Å². The quantitative estimate of drug-likeness (QED) is 0.604. The number of rotatable bonds is 6. The number of nitrogens with two attached hydrogens (primary N) is 1. The van der Waals surface area contributed by atoms with E-state index in [2.05, 4.69) is 11.4 Å². The van der Waals surface area contributed by atoms with Crippen molar-refractivity contribution in [3.8, 4) is 0 Å². The highest BCUT2D eigenvalue weighted by Gasteiger charge is 2.39. The van der Waals surface area contributed by atoms with Crippen LogP contribution in [-0.2, 0) is 22.6 Å². The van der Waals surface area contributed by atoms with Gasteiger partial charge >= 0.3 is 0 Å². The summed E-state index contributed by atoms with van der Waals surface area (Å²) in [6, 6.07) is 5.24.